The quantitative estimate of drug-likeness (QED) is 0.335. The van der Waals surface area contributed by atoms with Gasteiger partial charge in [-0.3, -0.25) is 0 Å². The summed E-state index contributed by atoms with van der Waals surface area (Å²) in [5, 5.41) is 2.89. The summed E-state index contributed by atoms with van der Waals surface area (Å²) in [6.07, 6.45) is -4.37. The Morgan fingerprint density at radius 2 is 2.05 bits per heavy atom. The van der Waals surface area contributed by atoms with Crippen molar-refractivity contribution in [3.8, 4) is 5.75 Å². The van der Waals surface area contributed by atoms with Crippen LogP contribution in [0.5, 0.6) is 5.75 Å². The number of hydrogen-bond donors (Lipinski definition) is 2. The van der Waals surface area contributed by atoms with Crippen LogP contribution >= 0.6 is 24.0 Å². The summed E-state index contributed by atoms with van der Waals surface area (Å²) in [5.74, 6) is 0.443. The lowest BCUT2D eigenvalue weighted by atomic mass is 10.2. The molecule has 0 radical (unpaired) electrons. The Labute approximate surface area is 139 Å². The lowest BCUT2D eigenvalue weighted by molar-refractivity contribution is -0.137. The fraction of sp³-hybridized carbons (Fsp3) is 0.462. The van der Waals surface area contributed by atoms with Crippen LogP contribution in [0.2, 0.25) is 0 Å². The van der Waals surface area contributed by atoms with Crippen molar-refractivity contribution in [1.82, 2.24) is 5.32 Å². The second kappa shape index (κ2) is 8.96. The number of hydrogen-bond acceptors (Lipinski definition) is 2. The maximum atomic E-state index is 12.5. The fourth-order valence-corrected chi connectivity index (χ4v) is 1.43. The molecule has 1 aromatic rings. The summed E-state index contributed by atoms with van der Waals surface area (Å²) in [4.78, 5) is 3.99. The number of guanidine groups is 1. The van der Waals surface area contributed by atoms with Gasteiger partial charge in [0.25, 0.3) is 0 Å². The van der Waals surface area contributed by atoms with Crippen molar-refractivity contribution in [3.63, 3.8) is 0 Å². The van der Waals surface area contributed by atoms with Crippen LogP contribution in [-0.4, -0.2) is 25.2 Å². The van der Waals surface area contributed by atoms with Gasteiger partial charge in [0, 0.05) is 6.04 Å². The van der Waals surface area contributed by atoms with Crippen LogP contribution in [0.4, 0.5) is 13.2 Å². The van der Waals surface area contributed by atoms with Crippen LogP contribution in [-0.2, 0) is 6.18 Å². The molecule has 120 valence electrons. The molecule has 0 aliphatic heterocycles. The molecule has 0 saturated heterocycles. The molecule has 0 atom stereocenters. The minimum absolute atomic E-state index is 0. The molecule has 0 heterocycles. The minimum Gasteiger partial charge on any atom is -0.492 e. The largest absolute Gasteiger partial charge is 0.492 e. The zero-order valence-electron chi connectivity index (χ0n) is 11.8. The maximum absolute atomic E-state index is 12.5. The van der Waals surface area contributed by atoms with E-state index in [2.05, 4.69) is 10.3 Å². The van der Waals surface area contributed by atoms with Crippen molar-refractivity contribution in [2.75, 3.05) is 13.2 Å². The standard InChI is InChI=1S/C13H18F3N3O.HI/c1-9(2)19-12(17)18-6-7-20-11-5-3-4-10(8-11)13(14,15)16;/h3-5,8-9H,6-7H2,1-2H3,(H3,17,18,19);1H. The first-order valence-corrected chi connectivity index (χ1v) is 6.15. The third-order valence-corrected chi connectivity index (χ3v) is 2.24. The van der Waals surface area contributed by atoms with Gasteiger partial charge in [-0.1, -0.05) is 6.07 Å². The first kappa shape index (κ1) is 19.8. The zero-order chi connectivity index (χ0) is 15.2. The smallest absolute Gasteiger partial charge is 0.416 e. The second-order valence-corrected chi connectivity index (χ2v) is 4.44. The van der Waals surface area contributed by atoms with Crippen molar-refractivity contribution >= 4 is 29.9 Å². The molecule has 1 aromatic carbocycles. The van der Waals surface area contributed by atoms with E-state index < -0.39 is 11.7 Å². The van der Waals surface area contributed by atoms with Gasteiger partial charge in [0.1, 0.15) is 12.4 Å². The highest BCUT2D eigenvalue weighted by molar-refractivity contribution is 14.0. The van der Waals surface area contributed by atoms with Crippen molar-refractivity contribution in [3.05, 3.63) is 29.8 Å². The highest BCUT2D eigenvalue weighted by Gasteiger charge is 2.30. The van der Waals surface area contributed by atoms with Gasteiger partial charge in [-0.2, -0.15) is 13.2 Å². The number of nitrogens with two attached hydrogens (primary N) is 1. The summed E-state index contributed by atoms with van der Waals surface area (Å²) in [7, 11) is 0. The number of ether oxygens (including phenoxy) is 1. The molecule has 0 aliphatic carbocycles. The number of halogens is 4. The van der Waals surface area contributed by atoms with E-state index in [0.29, 0.717) is 0 Å². The van der Waals surface area contributed by atoms with Crippen LogP contribution in [0.25, 0.3) is 0 Å². The molecule has 0 aliphatic rings. The molecule has 0 unspecified atom stereocenters. The van der Waals surface area contributed by atoms with Crippen molar-refractivity contribution in [1.29, 1.82) is 0 Å². The SMILES string of the molecule is CC(C)NC(N)=NCCOc1cccc(C(F)(F)F)c1.I. The molecule has 1 rings (SSSR count). The zero-order valence-corrected chi connectivity index (χ0v) is 14.1. The Hall–Kier alpha value is -1.19. The number of rotatable bonds is 5. The van der Waals surface area contributed by atoms with Crippen LogP contribution in [0, 0.1) is 0 Å². The van der Waals surface area contributed by atoms with E-state index in [0.717, 1.165) is 12.1 Å². The van der Waals surface area contributed by atoms with E-state index in [4.69, 9.17) is 10.5 Å². The highest BCUT2D eigenvalue weighted by Crippen LogP contribution is 2.31. The Morgan fingerprint density at radius 1 is 1.38 bits per heavy atom. The predicted molar refractivity (Wildman–Crippen MR) is 87.1 cm³/mol. The maximum Gasteiger partial charge on any atom is 0.416 e. The Bertz CT molecular complexity index is 464. The summed E-state index contributed by atoms with van der Waals surface area (Å²) in [6, 6.07) is 4.89. The van der Waals surface area contributed by atoms with Gasteiger partial charge in [0.05, 0.1) is 12.1 Å². The van der Waals surface area contributed by atoms with Crippen molar-refractivity contribution < 1.29 is 17.9 Å². The van der Waals surface area contributed by atoms with E-state index in [1.165, 1.54) is 12.1 Å². The van der Waals surface area contributed by atoms with E-state index in [-0.39, 0.29) is 54.9 Å². The van der Waals surface area contributed by atoms with Gasteiger partial charge in [0.15, 0.2) is 5.96 Å². The molecule has 3 N–H and O–H groups in total. The molecule has 0 amide bonds. The molecule has 0 fully saturated rings. The van der Waals surface area contributed by atoms with Gasteiger partial charge in [-0.15, -0.1) is 24.0 Å². The molecule has 8 heteroatoms. The second-order valence-electron chi connectivity index (χ2n) is 4.44. The first-order chi connectivity index (χ1) is 9.29. The Kier molecular flexibility index (Phi) is 8.45. The summed E-state index contributed by atoms with van der Waals surface area (Å²) >= 11 is 0. The molecule has 21 heavy (non-hydrogen) atoms. The van der Waals surface area contributed by atoms with Gasteiger partial charge in [-0.05, 0) is 32.0 Å². The third-order valence-electron chi connectivity index (χ3n) is 2.24. The average molecular weight is 417 g/mol. The summed E-state index contributed by atoms with van der Waals surface area (Å²) < 4.78 is 42.7. The van der Waals surface area contributed by atoms with Crippen LogP contribution in [0.3, 0.4) is 0 Å². The van der Waals surface area contributed by atoms with Gasteiger partial charge in [0.2, 0.25) is 0 Å². The van der Waals surface area contributed by atoms with Gasteiger partial charge >= 0.3 is 6.18 Å². The Morgan fingerprint density at radius 3 is 2.62 bits per heavy atom. The molecular weight excluding hydrogens is 398 g/mol. The van der Waals surface area contributed by atoms with Crippen LogP contribution in [0.1, 0.15) is 19.4 Å². The Balaban J connectivity index is 0.00000400. The van der Waals surface area contributed by atoms with Crippen LogP contribution in [0.15, 0.2) is 29.3 Å². The lowest BCUT2D eigenvalue weighted by Crippen LogP contribution is -2.37. The molecule has 0 spiro atoms. The average Bonchev–Trinajstić information content (AvgIpc) is 2.33. The lowest BCUT2D eigenvalue weighted by Gasteiger charge is -2.10. The molecule has 0 bridgehead atoms. The molecule has 0 aromatic heterocycles. The number of aliphatic imine (C=N–C) groups is 1. The van der Waals surface area contributed by atoms with E-state index in [1.54, 1.807) is 0 Å². The monoisotopic (exact) mass is 417 g/mol. The number of benzene rings is 1. The number of alkyl halides is 3. The van der Waals surface area contributed by atoms with Gasteiger partial charge < -0.3 is 15.8 Å². The normalized spacial score (nSPS) is 12.0. The molecular formula is C13H19F3IN3O. The van der Waals surface area contributed by atoms with Crippen molar-refractivity contribution in [2.45, 2.75) is 26.1 Å². The first-order valence-electron chi connectivity index (χ1n) is 6.15. The summed E-state index contributed by atoms with van der Waals surface area (Å²) in [6.45, 7) is 4.26. The van der Waals surface area contributed by atoms with Gasteiger partial charge in [-0.25, -0.2) is 4.99 Å². The number of nitrogens with zero attached hydrogens (tertiary/aromatic N) is 1. The molecule has 4 nitrogen and oxygen atoms in total. The van der Waals surface area contributed by atoms with Crippen LogP contribution < -0.4 is 15.8 Å². The van der Waals surface area contributed by atoms with Crippen molar-refractivity contribution in [2.24, 2.45) is 10.7 Å². The van der Waals surface area contributed by atoms with E-state index in [1.807, 2.05) is 13.8 Å². The number of nitrogens with one attached hydrogen (secondary N) is 1. The van der Waals surface area contributed by atoms with E-state index >= 15 is 0 Å². The predicted octanol–water partition coefficient (Wildman–Crippen LogP) is 3.01. The minimum atomic E-state index is -4.37. The fourth-order valence-electron chi connectivity index (χ4n) is 1.43. The third kappa shape index (κ3) is 7.98. The molecule has 0 saturated carbocycles. The topological polar surface area (TPSA) is 59.6 Å². The highest BCUT2D eigenvalue weighted by atomic mass is 127. The van der Waals surface area contributed by atoms with E-state index in [9.17, 15) is 13.2 Å². The summed E-state index contributed by atoms with van der Waals surface area (Å²) in [5.41, 5.74) is 4.83.